The van der Waals surface area contributed by atoms with Crippen LogP contribution in [0.2, 0.25) is 5.02 Å². The molecule has 0 radical (unpaired) electrons. The Balaban J connectivity index is 1.81. The van der Waals surface area contributed by atoms with Crippen LogP contribution >= 0.6 is 11.6 Å². The predicted molar refractivity (Wildman–Crippen MR) is 85.0 cm³/mol. The summed E-state index contributed by atoms with van der Waals surface area (Å²) in [4.78, 5) is 0. The molecule has 0 aliphatic heterocycles. The van der Waals surface area contributed by atoms with E-state index in [0.29, 0.717) is 19.6 Å². The summed E-state index contributed by atoms with van der Waals surface area (Å²) in [7, 11) is 0. The first kappa shape index (κ1) is 15.6. The van der Waals surface area contributed by atoms with Gasteiger partial charge >= 0.3 is 0 Å². The van der Waals surface area contributed by atoms with Crippen LogP contribution in [0, 0.1) is 11.8 Å². The average Bonchev–Trinajstić information content (AvgIpc) is 2.51. The minimum absolute atomic E-state index is 0.101. The molecule has 0 aromatic heterocycles. The number of aliphatic hydroxyl groups excluding tert-OH is 1. The minimum Gasteiger partial charge on any atom is -0.395 e. The fourth-order valence-electron chi connectivity index (χ4n) is 1.77. The monoisotopic (exact) mass is 300 g/mol. The average molecular weight is 301 g/mol. The molecule has 0 saturated heterocycles. The van der Waals surface area contributed by atoms with Crippen molar-refractivity contribution in [3.05, 3.63) is 70.2 Å². The fraction of sp³-hybridized carbons (Fsp3) is 0.222. The molecule has 0 spiro atoms. The van der Waals surface area contributed by atoms with Gasteiger partial charge in [-0.1, -0.05) is 47.7 Å². The van der Waals surface area contributed by atoms with Gasteiger partial charge in [0, 0.05) is 17.0 Å². The molecule has 0 amide bonds. The number of hydrogen-bond acceptors (Lipinski definition) is 2. The number of rotatable bonds is 5. The van der Waals surface area contributed by atoms with Crippen LogP contribution in [0.25, 0.3) is 0 Å². The lowest BCUT2D eigenvalue weighted by Gasteiger charge is -2.05. The van der Waals surface area contributed by atoms with Gasteiger partial charge in [-0.2, -0.15) is 0 Å². The SMILES string of the molecule is OCCC#Cc1ccc(COCc2ccc(Cl)cc2)cc1. The van der Waals surface area contributed by atoms with Gasteiger partial charge in [-0.3, -0.25) is 0 Å². The van der Waals surface area contributed by atoms with Crippen molar-refractivity contribution in [2.24, 2.45) is 0 Å². The molecule has 21 heavy (non-hydrogen) atoms. The smallest absolute Gasteiger partial charge is 0.0721 e. The van der Waals surface area contributed by atoms with Crippen molar-refractivity contribution in [1.29, 1.82) is 0 Å². The molecule has 2 rings (SSSR count). The highest BCUT2D eigenvalue weighted by Gasteiger charge is 1.96. The standard InChI is InChI=1S/C18H17ClO2/c19-18-10-8-17(9-11-18)14-21-13-16-6-4-15(5-7-16)3-1-2-12-20/h4-11,20H,2,12-14H2. The van der Waals surface area contributed by atoms with E-state index in [1.165, 1.54) is 0 Å². The summed E-state index contributed by atoms with van der Waals surface area (Å²) in [6, 6.07) is 15.6. The lowest BCUT2D eigenvalue weighted by atomic mass is 10.1. The molecule has 0 atom stereocenters. The van der Waals surface area contributed by atoms with Gasteiger partial charge in [-0.15, -0.1) is 0 Å². The zero-order chi connectivity index (χ0) is 14.9. The molecule has 2 nitrogen and oxygen atoms in total. The van der Waals surface area contributed by atoms with Crippen molar-refractivity contribution in [3.63, 3.8) is 0 Å². The van der Waals surface area contributed by atoms with Gasteiger partial charge in [-0.25, -0.2) is 0 Å². The molecule has 0 bridgehead atoms. The van der Waals surface area contributed by atoms with Crippen molar-refractivity contribution in [1.82, 2.24) is 0 Å². The van der Waals surface area contributed by atoms with E-state index in [1.54, 1.807) is 0 Å². The van der Waals surface area contributed by atoms with E-state index in [0.717, 1.165) is 21.7 Å². The highest BCUT2D eigenvalue weighted by atomic mass is 35.5. The van der Waals surface area contributed by atoms with E-state index in [-0.39, 0.29) is 6.61 Å². The number of benzene rings is 2. The molecule has 0 aliphatic carbocycles. The van der Waals surface area contributed by atoms with Crippen LogP contribution in [-0.2, 0) is 18.0 Å². The number of ether oxygens (including phenoxy) is 1. The van der Waals surface area contributed by atoms with Crippen LogP contribution in [-0.4, -0.2) is 11.7 Å². The third-order valence-electron chi connectivity index (χ3n) is 2.87. The predicted octanol–water partition coefficient (Wildman–Crippen LogP) is 3.79. The molecule has 108 valence electrons. The summed E-state index contributed by atoms with van der Waals surface area (Å²) in [5.41, 5.74) is 3.16. The third-order valence-corrected chi connectivity index (χ3v) is 3.13. The Morgan fingerprint density at radius 3 is 2.05 bits per heavy atom. The van der Waals surface area contributed by atoms with Crippen molar-refractivity contribution in [2.45, 2.75) is 19.6 Å². The molecule has 0 heterocycles. The molecular formula is C18H17ClO2. The van der Waals surface area contributed by atoms with E-state index >= 15 is 0 Å². The molecule has 3 heteroatoms. The molecule has 1 N–H and O–H groups in total. The van der Waals surface area contributed by atoms with Crippen molar-refractivity contribution in [2.75, 3.05) is 6.61 Å². The molecule has 0 fully saturated rings. The zero-order valence-electron chi connectivity index (χ0n) is 11.7. The molecular weight excluding hydrogens is 284 g/mol. The number of hydrogen-bond donors (Lipinski definition) is 1. The van der Waals surface area contributed by atoms with Crippen LogP contribution in [0.3, 0.4) is 0 Å². The summed E-state index contributed by atoms with van der Waals surface area (Å²) in [5.74, 6) is 5.89. The van der Waals surface area contributed by atoms with Crippen LogP contribution in [0.4, 0.5) is 0 Å². The zero-order valence-corrected chi connectivity index (χ0v) is 12.4. The first-order valence-electron chi connectivity index (χ1n) is 6.79. The molecule has 0 unspecified atom stereocenters. The highest BCUT2D eigenvalue weighted by molar-refractivity contribution is 6.30. The van der Waals surface area contributed by atoms with E-state index in [2.05, 4.69) is 11.8 Å². The maximum atomic E-state index is 8.67. The van der Waals surface area contributed by atoms with Crippen molar-refractivity contribution in [3.8, 4) is 11.8 Å². The molecule has 0 saturated carbocycles. The van der Waals surface area contributed by atoms with Gasteiger partial charge in [0.25, 0.3) is 0 Å². The molecule has 2 aromatic rings. The van der Waals surface area contributed by atoms with Gasteiger partial charge < -0.3 is 9.84 Å². The van der Waals surface area contributed by atoms with Crippen molar-refractivity contribution >= 4 is 11.6 Å². The second-order valence-corrected chi connectivity index (χ2v) is 5.03. The quantitative estimate of drug-likeness (QED) is 0.851. The second kappa shape index (κ2) is 8.49. The summed E-state index contributed by atoms with van der Waals surface area (Å²) < 4.78 is 5.67. The Bertz CT molecular complexity index is 606. The van der Waals surface area contributed by atoms with Gasteiger partial charge in [0.2, 0.25) is 0 Å². The maximum Gasteiger partial charge on any atom is 0.0721 e. The van der Waals surface area contributed by atoms with Crippen LogP contribution in [0.15, 0.2) is 48.5 Å². The lowest BCUT2D eigenvalue weighted by Crippen LogP contribution is -1.94. The summed E-state index contributed by atoms with van der Waals surface area (Å²) in [6.45, 7) is 1.23. The maximum absolute atomic E-state index is 8.67. The van der Waals surface area contributed by atoms with Crippen LogP contribution in [0.5, 0.6) is 0 Å². The largest absolute Gasteiger partial charge is 0.395 e. The van der Waals surface area contributed by atoms with Crippen molar-refractivity contribution < 1.29 is 9.84 Å². The highest BCUT2D eigenvalue weighted by Crippen LogP contribution is 2.11. The van der Waals surface area contributed by atoms with Gasteiger partial charge in [0.05, 0.1) is 19.8 Å². The van der Waals surface area contributed by atoms with E-state index in [4.69, 9.17) is 21.4 Å². The first-order valence-corrected chi connectivity index (χ1v) is 7.16. The van der Waals surface area contributed by atoms with Gasteiger partial charge in [0.1, 0.15) is 0 Å². The Labute approximate surface area is 130 Å². The Kier molecular flexibility index (Phi) is 6.30. The summed E-state index contributed by atoms with van der Waals surface area (Å²) in [6.07, 6.45) is 0.506. The van der Waals surface area contributed by atoms with E-state index in [1.807, 2.05) is 48.5 Å². The Morgan fingerprint density at radius 2 is 1.48 bits per heavy atom. The normalized spacial score (nSPS) is 10.0. The number of halogens is 1. The van der Waals surface area contributed by atoms with E-state index in [9.17, 15) is 0 Å². The van der Waals surface area contributed by atoms with Crippen LogP contribution < -0.4 is 0 Å². The van der Waals surface area contributed by atoms with Gasteiger partial charge in [-0.05, 0) is 35.4 Å². The van der Waals surface area contributed by atoms with Crippen LogP contribution in [0.1, 0.15) is 23.1 Å². The summed E-state index contributed by atoms with van der Waals surface area (Å²) in [5, 5.41) is 9.40. The molecule has 0 aliphatic rings. The Hall–Kier alpha value is -1.79. The summed E-state index contributed by atoms with van der Waals surface area (Å²) >= 11 is 5.84. The number of aliphatic hydroxyl groups is 1. The minimum atomic E-state index is 0.101. The second-order valence-electron chi connectivity index (χ2n) is 4.59. The van der Waals surface area contributed by atoms with E-state index < -0.39 is 0 Å². The fourth-order valence-corrected chi connectivity index (χ4v) is 1.90. The lowest BCUT2D eigenvalue weighted by molar-refractivity contribution is 0.107. The van der Waals surface area contributed by atoms with Gasteiger partial charge in [0.15, 0.2) is 0 Å². The molecule has 2 aromatic carbocycles. The third kappa shape index (κ3) is 5.61. The Morgan fingerprint density at radius 1 is 0.905 bits per heavy atom. The topological polar surface area (TPSA) is 29.5 Å². The first-order chi connectivity index (χ1) is 10.3.